The third-order valence-electron chi connectivity index (χ3n) is 4.24. The van der Waals surface area contributed by atoms with E-state index in [0.717, 1.165) is 6.42 Å². The second kappa shape index (κ2) is 4.82. The van der Waals surface area contributed by atoms with Crippen LogP contribution in [0.2, 0.25) is 0 Å². The van der Waals surface area contributed by atoms with Gasteiger partial charge in [0.2, 0.25) is 0 Å². The Morgan fingerprint density at radius 1 is 1.53 bits per heavy atom. The van der Waals surface area contributed by atoms with Crippen molar-refractivity contribution in [3.63, 3.8) is 0 Å². The minimum absolute atomic E-state index is 0.0583. The summed E-state index contributed by atoms with van der Waals surface area (Å²) in [5.74, 6) is 0. The maximum atomic E-state index is 11.6. The smallest absolute Gasteiger partial charge is 0.315 e. The maximum absolute atomic E-state index is 11.6. The third kappa shape index (κ3) is 2.55. The van der Waals surface area contributed by atoms with Crippen LogP contribution in [0.1, 0.15) is 34.1 Å². The molecule has 3 unspecified atom stereocenters. The summed E-state index contributed by atoms with van der Waals surface area (Å²) >= 11 is 0. The van der Waals surface area contributed by atoms with Crippen molar-refractivity contribution in [1.29, 1.82) is 0 Å². The molecule has 100 valence electrons. The highest BCUT2D eigenvalue weighted by Gasteiger charge is 2.58. The van der Waals surface area contributed by atoms with Crippen LogP contribution < -0.4 is 10.6 Å². The Labute approximate surface area is 103 Å². The Morgan fingerprint density at radius 2 is 2.12 bits per heavy atom. The minimum atomic E-state index is -0.234. The second-order valence-corrected chi connectivity index (χ2v) is 5.61. The molecule has 2 amide bonds. The van der Waals surface area contributed by atoms with Crippen molar-refractivity contribution in [2.45, 2.75) is 51.8 Å². The van der Waals surface area contributed by atoms with Crippen LogP contribution in [-0.4, -0.2) is 42.5 Å². The van der Waals surface area contributed by atoms with Crippen molar-refractivity contribution in [3.05, 3.63) is 0 Å². The molecule has 1 aliphatic carbocycles. The SMILES string of the molecule is COC1(C)CC(NC(=O)NC(C)CO)C1(C)C. The highest BCUT2D eigenvalue weighted by atomic mass is 16.5. The lowest BCUT2D eigenvalue weighted by Crippen LogP contribution is -2.69. The first-order chi connectivity index (χ1) is 7.76. The molecule has 0 saturated heterocycles. The van der Waals surface area contributed by atoms with Gasteiger partial charge in [0.15, 0.2) is 0 Å². The average Bonchev–Trinajstić information content (AvgIpc) is 2.27. The summed E-state index contributed by atoms with van der Waals surface area (Å²) in [6.45, 7) is 7.92. The van der Waals surface area contributed by atoms with Crippen molar-refractivity contribution < 1.29 is 14.6 Å². The van der Waals surface area contributed by atoms with E-state index >= 15 is 0 Å². The topological polar surface area (TPSA) is 70.6 Å². The number of hydrogen-bond donors (Lipinski definition) is 3. The summed E-state index contributed by atoms with van der Waals surface area (Å²) in [7, 11) is 1.70. The first kappa shape index (κ1) is 14.3. The number of carbonyl (C=O) groups excluding carboxylic acids is 1. The van der Waals surface area contributed by atoms with Crippen LogP contribution in [-0.2, 0) is 4.74 Å². The first-order valence-corrected chi connectivity index (χ1v) is 6.00. The molecule has 5 nitrogen and oxygen atoms in total. The average molecular weight is 244 g/mol. The molecule has 0 aromatic rings. The summed E-state index contributed by atoms with van der Waals surface area (Å²) in [6.07, 6.45) is 0.803. The number of amides is 2. The van der Waals surface area contributed by atoms with Gasteiger partial charge in [-0.3, -0.25) is 0 Å². The molecule has 0 radical (unpaired) electrons. The van der Waals surface area contributed by atoms with Gasteiger partial charge in [-0.15, -0.1) is 0 Å². The molecular formula is C12H24N2O3. The van der Waals surface area contributed by atoms with Gasteiger partial charge in [-0.1, -0.05) is 13.8 Å². The zero-order chi connectivity index (χ0) is 13.3. The Bertz CT molecular complexity index is 293. The van der Waals surface area contributed by atoms with Crippen LogP contribution in [0.15, 0.2) is 0 Å². The lowest BCUT2D eigenvalue weighted by atomic mass is 9.56. The quantitative estimate of drug-likeness (QED) is 0.687. The third-order valence-corrected chi connectivity index (χ3v) is 4.24. The molecule has 0 bridgehead atoms. The largest absolute Gasteiger partial charge is 0.394 e. The number of rotatable bonds is 4. The Morgan fingerprint density at radius 3 is 2.53 bits per heavy atom. The van der Waals surface area contributed by atoms with E-state index in [4.69, 9.17) is 9.84 Å². The monoisotopic (exact) mass is 244 g/mol. The summed E-state index contributed by atoms with van der Waals surface area (Å²) in [4.78, 5) is 11.6. The summed E-state index contributed by atoms with van der Waals surface area (Å²) in [6, 6.07) is -0.367. The van der Waals surface area contributed by atoms with Crippen LogP contribution in [0, 0.1) is 5.41 Å². The molecule has 1 aliphatic rings. The summed E-state index contributed by atoms with van der Waals surface area (Å²) < 4.78 is 5.49. The van der Waals surface area contributed by atoms with Crippen LogP contribution >= 0.6 is 0 Å². The number of aliphatic hydroxyl groups is 1. The highest BCUT2D eigenvalue weighted by Crippen LogP contribution is 2.51. The number of hydrogen-bond acceptors (Lipinski definition) is 3. The molecule has 17 heavy (non-hydrogen) atoms. The molecule has 5 heteroatoms. The van der Waals surface area contributed by atoms with E-state index in [2.05, 4.69) is 31.4 Å². The fraction of sp³-hybridized carbons (Fsp3) is 0.917. The van der Waals surface area contributed by atoms with E-state index in [1.54, 1.807) is 14.0 Å². The molecule has 1 rings (SSSR count). The van der Waals surface area contributed by atoms with Gasteiger partial charge in [-0.05, 0) is 20.3 Å². The molecule has 3 N–H and O–H groups in total. The molecule has 0 aromatic carbocycles. The molecule has 0 aromatic heterocycles. The van der Waals surface area contributed by atoms with E-state index in [-0.39, 0.29) is 35.7 Å². The van der Waals surface area contributed by atoms with E-state index < -0.39 is 0 Å². The zero-order valence-electron chi connectivity index (χ0n) is 11.3. The number of aliphatic hydroxyl groups excluding tert-OH is 1. The van der Waals surface area contributed by atoms with E-state index in [1.807, 2.05) is 0 Å². The van der Waals surface area contributed by atoms with Gasteiger partial charge in [0.05, 0.1) is 18.2 Å². The molecular weight excluding hydrogens is 220 g/mol. The van der Waals surface area contributed by atoms with Crippen molar-refractivity contribution in [3.8, 4) is 0 Å². The molecule has 3 atom stereocenters. The number of ether oxygens (including phenoxy) is 1. The first-order valence-electron chi connectivity index (χ1n) is 6.00. The standard InChI is InChI=1S/C12H24N2O3/c1-8(7-15)13-10(16)14-9-6-12(4,17-5)11(9,2)3/h8-9,15H,6-7H2,1-5H3,(H2,13,14,16). The minimum Gasteiger partial charge on any atom is -0.394 e. The summed E-state index contributed by atoms with van der Waals surface area (Å²) in [5, 5.41) is 14.4. The predicted octanol–water partition coefficient (Wildman–Crippen LogP) is 0.870. The van der Waals surface area contributed by atoms with Gasteiger partial charge in [0, 0.05) is 18.6 Å². The number of methoxy groups -OCH3 is 1. The lowest BCUT2D eigenvalue weighted by Gasteiger charge is -2.59. The van der Waals surface area contributed by atoms with E-state index in [1.165, 1.54) is 0 Å². The van der Waals surface area contributed by atoms with Gasteiger partial charge in [0.1, 0.15) is 0 Å². The van der Waals surface area contributed by atoms with Crippen molar-refractivity contribution in [2.75, 3.05) is 13.7 Å². The van der Waals surface area contributed by atoms with Crippen molar-refractivity contribution in [2.24, 2.45) is 5.41 Å². The summed E-state index contributed by atoms with van der Waals surface area (Å²) in [5.41, 5.74) is -0.283. The number of carbonyl (C=O) groups is 1. The van der Waals surface area contributed by atoms with Gasteiger partial charge in [-0.25, -0.2) is 4.79 Å². The normalized spacial score (nSPS) is 32.5. The van der Waals surface area contributed by atoms with Crippen LogP contribution in [0.3, 0.4) is 0 Å². The molecule has 1 fully saturated rings. The van der Waals surface area contributed by atoms with Gasteiger partial charge >= 0.3 is 6.03 Å². The molecule has 0 aliphatic heterocycles. The van der Waals surface area contributed by atoms with Gasteiger partial charge in [0.25, 0.3) is 0 Å². The second-order valence-electron chi connectivity index (χ2n) is 5.61. The van der Waals surface area contributed by atoms with Crippen molar-refractivity contribution in [1.82, 2.24) is 10.6 Å². The van der Waals surface area contributed by atoms with E-state index in [9.17, 15) is 4.79 Å². The van der Waals surface area contributed by atoms with E-state index in [0.29, 0.717) is 0 Å². The van der Waals surface area contributed by atoms with Gasteiger partial charge in [-0.2, -0.15) is 0 Å². The molecule has 0 spiro atoms. The Balaban J connectivity index is 2.48. The van der Waals surface area contributed by atoms with Crippen LogP contribution in [0.25, 0.3) is 0 Å². The van der Waals surface area contributed by atoms with Crippen molar-refractivity contribution >= 4 is 6.03 Å². The number of urea groups is 1. The fourth-order valence-electron chi connectivity index (χ4n) is 2.19. The molecule has 0 heterocycles. The Kier molecular flexibility index (Phi) is 4.04. The van der Waals surface area contributed by atoms with Crippen LogP contribution in [0.5, 0.6) is 0 Å². The van der Waals surface area contributed by atoms with Crippen LogP contribution in [0.4, 0.5) is 4.79 Å². The maximum Gasteiger partial charge on any atom is 0.315 e. The fourth-order valence-corrected chi connectivity index (χ4v) is 2.19. The Hall–Kier alpha value is -0.810. The number of nitrogens with one attached hydrogen (secondary N) is 2. The van der Waals surface area contributed by atoms with Gasteiger partial charge < -0.3 is 20.5 Å². The molecule has 1 saturated carbocycles. The zero-order valence-corrected chi connectivity index (χ0v) is 11.3. The predicted molar refractivity (Wildman–Crippen MR) is 65.8 cm³/mol. The lowest BCUT2D eigenvalue weighted by molar-refractivity contribution is -0.177. The highest BCUT2D eigenvalue weighted by molar-refractivity contribution is 5.74.